The van der Waals surface area contributed by atoms with Gasteiger partial charge in [-0.15, -0.1) is 0 Å². The number of rotatable bonds is 3. The van der Waals surface area contributed by atoms with Crippen LogP contribution in [0.5, 0.6) is 0 Å². The Hall–Kier alpha value is -1.03. The van der Waals surface area contributed by atoms with Crippen LogP contribution in [0.4, 0.5) is 0 Å². The molecule has 3 nitrogen and oxygen atoms in total. The van der Waals surface area contributed by atoms with Gasteiger partial charge in [0.25, 0.3) is 0 Å². The second kappa shape index (κ2) is 5.54. The lowest BCUT2D eigenvalue weighted by molar-refractivity contribution is 0.219. The van der Waals surface area contributed by atoms with Crippen LogP contribution in [0.1, 0.15) is 30.0 Å². The number of nitrogens with two attached hydrogens (primary N) is 1. The first-order chi connectivity index (χ1) is 8.24. The van der Waals surface area contributed by atoms with Gasteiger partial charge in [0.1, 0.15) is 0 Å². The maximum absolute atomic E-state index is 6.32. The van der Waals surface area contributed by atoms with Crippen molar-refractivity contribution in [2.75, 3.05) is 6.61 Å². The summed E-state index contributed by atoms with van der Waals surface area (Å²) >= 11 is 6.32. The molecular weight excluding hydrogens is 236 g/mol. The van der Waals surface area contributed by atoms with E-state index >= 15 is 0 Å². The van der Waals surface area contributed by atoms with E-state index < -0.39 is 0 Å². The van der Waals surface area contributed by atoms with Crippen molar-refractivity contribution >= 4 is 11.6 Å². The van der Waals surface area contributed by atoms with E-state index in [1.807, 2.05) is 25.1 Å². The minimum Gasteiger partial charge on any atom is -0.501 e. The van der Waals surface area contributed by atoms with Crippen LogP contribution in [-0.4, -0.2) is 6.61 Å². The number of nitrogens with one attached hydrogen (secondary N) is 1. The third-order valence-corrected chi connectivity index (χ3v) is 3.55. The van der Waals surface area contributed by atoms with Gasteiger partial charge in [0.2, 0.25) is 0 Å². The second-order valence-electron chi connectivity index (χ2n) is 4.24. The number of hydrazine groups is 1. The topological polar surface area (TPSA) is 47.3 Å². The van der Waals surface area contributed by atoms with E-state index in [1.54, 1.807) is 6.26 Å². The third-order valence-electron chi connectivity index (χ3n) is 3.03. The number of benzene rings is 1. The van der Waals surface area contributed by atoms with Crippen molar-refractivity contribution in [3.05, 3.63) is 46.2 Å². The first-order valence-electron chi connectivity index (χ1n) is 5.75. The number of hydrogen-bond donors (Lipinski definition) is 2. The van der Waals surface area contributed by atoms with Crippen LogP contribution < -0.4 is 11.3 Å². The average molecular weight is 253 g/mol. The molecule has 0 saturated carbocycles. The van der Waals surface area contributed by atoms with Gasteiger partial charge in [-0.2, -0.15) is 0 Å². The Kier molecular flexibility index (Phi) is 4.05. The third kappa shape index (κ3) is 2.63. The Balaban J connectivity index is 2.34. The monoisotopic (exact) mass is 252 g/mol. The largest absolute Gasteiger partial charge is 0.501 e. The molecule has 0 aromatic heterocycles. The molecule has 4 heteroatoms. The molecule has 1 aliphatic rings. The molecule has 0 radical (unpaired) electrons. The first-order valence-corrected chi connectivity index (χ1v) is 6.13. The molecule has 17 heavy (non-hydrogen) atoms. The zero-order valence-corrected chi connectivity index (χ0v) is 10.6. The van der Waals surface area contributed by atoms with Crippen LogP contribution in [-0.2, 0) is 4.74 Å². The Morgan fingerprint density at radius 3 is 2.94 bits per heavy atom. The lowest BCUT2D eigenvalue weighted by Gasteiger charge is -2.24. The summed E-state index contributed by atoms with van der Waals surface area (Å²) in [7, 11) is 0. The molecule has 2 rings (SSSR count). The van der Waals surface area contributed by atoms with E-state index in [0.717, 1.165) is 41.2 Å². The summed E-state index contributed by atoms with van der Waals surface area (Å²) < 4.78 is 5.36. The summed E-state index contributed by atoms with van der Waals surface area (Å²) in [5.41, 5.74) is 6.03. The second-order valence-corrected chi connectivity index (χ2v) is 4.62. The molecule has 1 aromatic rings. The van der Waals surface area contributed by atoms with Crippen LogP contribution >= 0.6 is 11.6 Å². The molecule has 1 atom stereocenters. The summed E-state index contributed by atoms with van der Waals surface area (Å²) in [5.74, 6) is 5.65. The molecule has 1 aliphatic heterocycles. The van der Waals surface area contributed by atoms with Crippen LogP contribution in [0.15, 0.2) is 30.0 Å². The van der Waals surface area contributed by atoms with E-state index in [2.05, 4.69) is 5.43 Å². The minimum atomic E-state index is -0.0669. The van der Waals surface area contributed by atoms with Crippen molar-refractivity contribution in [2.45, 2.75) is 25.8 Å². The highest BCUT2D eigenvalue weighted by Gasteiger charge is 2.20. The van der Waals surface area contributed by atoms with E-state index in [0.29, 0.717) is 0 Å². The summed E-state index contributed by atoms with van der Waals surface area (Å²) in [6.07, 6.45) is 3.80. The highest BCUT2D eigenvalue weighted by Crippen LogP contribution is 2.32. The highest BCUT2D eigenvalue weighted by atomic mass is 35.5. The maximum Gasteiger partial charge on any atom is 0.0876 e. The Bertz CT molecular complexity index is 431. The van der Waals surface area contributed by atoms with Crippen LogP contribution in [0, 0.1) is 6.92 Å². The van der Waals surface area contributed by atoms with Crippen molar-refractivity contribution in [2.24, 2.45) is 5.84 Å². The molecule has 1 unspecified atom stereocenters. The normalized spacial score (nSPS) is 17.2. The van der Waals surface area contributed by atoms with Gasteiger partial charge in [0, 0.05) is 5.02 Å². The molecule has 0 bridgehead atoms. The summed E-state index contributed by atoms with van der Waals surface area (Å²) in [4.78, 5) is 0. The Morgan fingerprint density at radius 2 is 2.29 bits per heavy atom. The van der Waals surface area contributed by atoms with E-state index in [1.165, 1.54) is 0 Å². The summed E-state index contributed by atoms with van der Waals surface area (Å²) in [6, 6.07) is 5.91. The van der Waals surface area contributed by atoms with Crippen LogP contribution in [0.25, 0.3) is 0 Å². The van der Waals surface area contributed by atoms with E-state index in [9.17, 15) is 0 Å². The molecule has 0 aliphatic carbocycles. The van der Waals surface area contributed by atoms with E-state index in [4.69, 9.17) is 22.2 Å². The van der Waals surface area contributed by atoms with Gasteiger partial charge in [-0.3, -0.25) is 5.84 Å². The molecule has 0 amide bonds. The summed E-state index contributed by atoms with van der Waals surface area (Å²) in [5, 5.41) is 0.766. The molecule has 0 spiro atoms. The highest BCUT2D eigenvalue weighted by molar-refractivity contribution is 6.32. The number of ether oxygens (including phenoxy) is 1. The predicted octanol–water partition coefficient (Wildman–Crippen LogP) is 2.85. The standard InChI is InChI=1S/C13H17ClN2O/c1-9-4-2-6-11(12(9)14)13(16-15)10-5-3-7-17-8-10/h2,4,6,8,13,16H,3,5,7,15H2,1H3. The minimum absolute atomic E-state index is 0.0669. The van der Waals surface area contributed by atoms with Crippen molar-refractivity contribution in [3.8, 4) is 0 Å². The van der Waals surface area contributed by atoms with Gasteiger partial charge >= 0.3 is 0 Å². The molecule has 92 valence electrons. The van der Waals surface area contributed by atoms with Crippen molar-refractivity contribution in [3.63, 3.8) is 0 Å². The number of halogens is 1. The maximum atomic E-state index is 6.32. The zero-order valence-electron chi connectivity index (χ0n) is 9.87. The van der Waals surface area contributed by atoms with Gasteiger partial charge in [-0.1, -0.05) is 29.8 Å². The first kappa shape index (κ1) is 12.4. The number of aryl methyl sites for hydroxylation is 1. The lowest BCUT2D eigenvalue weighted by atomic mass is 9.95. The van der Waals surface area contributed by atoms with Crippen molar-refractivity contribution in [1.82, 2.24) is 5.43 Å². The predicted molar refractivity (Wildman–Crippen MR) is 69.5 cm³/mol. The molecule has 0 fully saturated rings. The van der Waals surface area contributed by atoms with Crippen LogP contribution in [0.3, 0.4) is 0 Å². The van der Waals surface area contributed by atoms with Gasteiger partial charge < -0.3 is 4.74 Å². The molecule has 1 aromatic carbocycles. The fourth-order valence-corrected chi connectivity index (χ4v) is 2.32. The number of hydrogen-bond acceptors (Lipinski definition) is 3. The molecular formula is C13H17ClN2O. The quantitative estimate of drug-likeness (QED) is 0.642. The fraction of sp³-hybridized carbons (Fsp3) is 0.385. The van der Waals surface area contributed by atoms with Crippen molar-refractivity contribution in [1.29, 1.82) is 0 Å². The Morgan fingerprint density at radius 1 is 1.47 bits per heavy atom. The lowest BCUT2D eigenvalue weighted by Crippen LogP contribution is -2.30. The van der Waals surface area contributed by atoms with Gasteiger partial charge in [0.05, 0.1) is 18.9 Å². The van der Waals surface area contributed by atoms with Gasteiger partial charge in [-0.25, -0.2) is 5.43 Å². The van der Waals surface area contributed by atoms with Crippen molar-refractivity contribution < 1.29 is 4.74 Å². The SMILES string of the molecule is Cc1cccc(C(NN)C2=COCCC2)c1Cl. The smallest absolute Gasteiger partial charge is 0.0876 e. The molecule has 0 saturated heterocycles. The Labute approximate surface area is 107 Å². The zero-order chi connectivity index (χ0) is 12.3. The van der Waals surface area contributed by atoms with E-state index in [-0.39, 0.29) is 6.04 Å². The van der Waals surface area contributed by atoms with Gasteiger partial charge in [0.15, 0.2) is 0 Å². The molecule has 1 heterocycles. The molecule has 3 N–H and O–H groups in total. The summed E-state index contributed by atoms with van der Waals surface area (Å²) in [6.45, 7) is 2.77. The average Bonchev–Trinajstić information content (AvgIpc) is 2.37. The van der Waals surface area contributed by atoms with Gasteiger partial charge in [-0.05, 0) is 36.5 Å². The van der Waals surface area contributed by atoms with Crippen LogP contribution in [0.2, 0.25) is 5.02 Å². The fourth-order valence-electron chi connectivity index (χ4n) is 2.09.